The molecule has 0 bridgehead atoms. The Labute approximate surface area is 184 Å². The summed E-state index contributed by atoms with van der Waals surface area (Å²) in [6, 6.07) is 9.80. The maximum atomic E-state index is 13.3. The van der Waals surface area contributed by atoms with E-state index in [0.29, 0.717) is 40.7 Å². The number of hydrogen-bond acceptors (Lipinski definition) is 4. The molecule has 0 unspecified atom stereocenters. The van der Waals surface area contributed by atoms with Crippen molar-refractivity contribution in [1.82, 2.24) is 20.4 Å². The number of nitrogens with one attached hydrogen (secondary N) is 2. The first-order valence-corrected chi connectivity index (χ1v) is 10.5. The van der Waals surface area contributed by atoms with Crippen LogP contribution in [0.5, 0.6) is 0 Å². The maximum Gasteiger partial charge on any atom is 0.322 e. The number of furan rings is 1. The van der Waals surface area contributed by atoms with Crippen molar-refractivity contribution in [2.24, 2.45) is 0 Å². The third-order valence-corrected chi connectivity index (χ3v) is 5.82. The van der Waals surface area contributed by atoms with Gasteiger partial charge in [0.05, 0.1) is 36.7 Å². The zero-order valence-corrected chi connectivity index (χ0v) is 17.8. The van der Waals surface area contributed by atoms with Crippen molar-refractivity contribution in [3.8, 4) is 0 Å². The van der Waals surface area contributed by atoms with Crippen molar-refractivity contribution in [3.05, 3.63) is 70.3 Å². The van der Waals surface area contributed by atoms with E-state index in [9.17, 15) is 14.4 Å². The smallest absolute Gasteiger partial charge is 0.322 e. The van der Waals surface area contributed by atoms with Gasteiger partial charge in [-0.3, -0.25) is 14.5 Å². The average molecular weight is 443 g/mol. The van der Waals surface area contributed by atoms with Crippen LogP contribution in [0.4, 0.5) is 4.79 Å². The Kier molecular flexibility index (Phi) is 5.99. The molecular formula is C22H23ClN4O4. The quantitative estimate of drug-likeness (QED) is 0.689. The summed E-state index contributed by atoms with van der Waals surface area (Å²) in [4.78, 5) is 41.3. The number of likely N-dealkylation sites (N-methyl/N-ethyl adjacent to an activating group) is 1. The summed E-state index contributed by atoms with van der Waals surface area (Å²) in [7, 11) is 0. The van der Waals surface area contributed by atoms with Crippen LogP contribution in [0.25, 0.3) is 0 Å². The van der Waals surface area contributed by atoms with Crippen molar-refractivity contribution in [1.29, 1.82) is 0 Å². The monoisotopic (exact) mass is 442 g/mol. The minimum Gasteiger partial charge on any atom is -0.467 e. The fourth-order valence-corrected chi connectivity index (χ4v) is 4.17. The van der Waals surface area contributed by atoms with Gasteiger partial charge in [0.15, 0.2) is 0 Å². The highest BCUT2D eigenvalue weighted by atomic mass is 35.5. The molecule has 9 heteroatoms. The normalized spacial score (nSPS) is 18.3. The molecule has 4 amide bonds. The lowest BCUT2D eigenvalue weighted by atomic mass is 9.95. The van der Waals surface area contributed by atoms with Crippen molar-refractivity contribution in [3.63, 3.8) is 0 Å². The lowest BCUT2D eigenvalue weighted by molar-refractivity contribution is -0.127. The molecule has 0 radical (unpaired) electrons. The van der Waals surface area contributed by atoms with Gasteiger partial charge in [0.2, 0.25) is 5.91 Å². The number of nitrogens with zero attached hydrogens (tertiary/aromatic N) is 2. The highest BCUT2D eigenvalue weighted by molar-refractivity contribution is 6.31. The van der Waals surface area contributed by atoms with Crippen LogP contribution in [-0.2, 0) is 16.1 Å². The summed E-state index contributed by atoms with van der Waals surface area (Å²) in [5.41, 5.74) is 1.84. The van der Waals surface area contributed by atoms with E-state index in [-0.39, 0.29) is 37.4 Å². The molecule has 3 heterocycles. The first kappa shape index (κ1) is 21.0. The molecule has 8 nitrogen and oxygen atoms in total. The molecule has 0 spiro atoms. The molecular weight excluding hydrogens is 420 g/mol. The van der Waals surface area contributed by atoms with Crippen molar-refractivity contribution < 1.29 is 18.8 Å². The lowest BCUT2D eigenvalue weighted by Gasteiger charge is -2.33. The molecule has 1 aromatic heterocycles. The second-order valence-corrected chi connectivity index (χ2v) is 7.75. The summed E-state index contributed by atoms with van der Waals surface area (Å²) in [5, 5.41) is 6.16. The first-order chi connectivity index (χ1) is 15.0. The van der Waals surface area contributed by atoms with Crippen LogP contribution in [0.1, 0.15) is 30.7 Å². The third kappa shape index (κ3) is 4.16. The van der Waals surface area contributed by atoms with Crippen LogP contribution < -0.4 is 10.6 Å². The average Bonchev–Trinajstić information content (AvgIpc) is 3.39. The molecule has 31 heavy (non-hydrogen) atoms. The second-order valence-electron chi connectivity index (χ2n) is 7.34. The molecule has 2 aliphatic rings. The maximum absolute atomic E-state index is 13.3. The van der Waals surface area contributed by atoms with E-state index in [2.05, 4.69) is 10.6 Å². The van der Waals surface area contributed by atoms with E-state index >= 15 is 0 Å². The van der Waals surface area contributed by atoms with Crippen LogP contribution in [-0.4, -0.2) is 47.3 Å². The van der Waals surface area contributed by atoms with Crippen LogP contribution in [0.3, 0.4) is 0 Å². The van der Waals surface area contributed by atoms with Crippen LogP contribution >= 0.6 is 11.6 Å². The molecule has 0 saturated carbocycles. The molecule has 162 valence electrons. The van der Waals surface area contributed by atoms with Gasteiger partial charge in [0.25, 0.3) is 5.91 Å². The van der Waals surface area contributed by atoms with Crippen LogP contribution in [0.15, 0.2) is 58.3 Å². The number of hydrogen-bond donors (Lipinski definition) is 2. The largest absolute Gasteiger partial charge is 0.467 e. The fraction of sp³-hybridized carbons (Fsp3) is 0.318. The summed E-state index contributed by atoms with van der Waals surface area (Å²) in [6.45, 7) is 3.11. The number of halogens is 1. The Morgan fingerprint density at radius 2 is 2.06 bits per heavy atom. The van der Waals surface area contributed by atoms with E-state index in [0.717, 1.165) is 0 Å². The molecule has 2 aliphatic heterocycles. The Morgan fingerprint density at radius 3 is 2.77 bits per heavy atom. The van der Waals surface area contributed by atoms with Gasteiger partial charge in [-0.2, -0.15) is 0 Å². The van der Waals surface area contributed by atoms with Gasteiger partial charge in [-0.15, -0.1) is 0 Å². The van der Waals surface area contributed by atoms with Crippen molar-refractivity contribution >= 4 is 29.4 Å². The number of urea groups is 1. The molecule has 4 rings (SSSR count). The van der Waals surface area contributed by atoms with E-state index < -0.39 is 6.04 Å². The molecule has 0 saturated heterocycles. The molecule has 1 atom stereocenters. The lowest BCUT2D eigenvalue weighted by Crippen LogP contribution is -2.47. The molecule has 2 N–H and O–H groups in total. The minimum absolute atomic E-state index is 0.150. The SMILES string of the molecule is CCN1C(=O)N[C@H](c2ccccc2Cl)C2=C1CN(CCC(=O)NCc1ccco1)C2=O. The van der Waals surface area contributed by atoms with Gasteiger partial charge in [-0.25, -0.2) is 4.79 Å². The topological polar surface area (TPSA) is 94.9 Å². The Hall–Kier alpha value is -3.26. The molecule has 0 fully saturated rings. The summed E-state index contributed by atoms with van der Waals surface area (Å²) in [5.74, 6) is 0.281. The fourth-order valence-electron chi connectivity index (χ4n) is 3.93. The highest BCUT2D eigenvalue weighted by Gasteiger charge is 2.43. The van der Waals surface area contributed by atoms with Gasteiger partial charge in [0.1, 0.15) is 5.76 Å². The molecule has 1 aromatic carbocycles. The van der Waals surface area contributed by atoms with Crippen LogP contribution in [0, 0.1) is 0 Å². The van der Waals surface area contributed by atoms with E-state index in [1.807, 2.05) is 13.0 Å². The van der Waals surface area contributed by atoms with E-state index in [1.54, 1.807) is 46.4 Å². The number of amides is 4. The second kappa shape index (κ2) is 8.85. The van der Waals surface area contributed by atoms with Crippen molar-refractivity contribution in [2.75, 3.05) is 19.6 Å². The van der Waals surface area contributed by atoms with Crippen LogP contribution in [0.2, 0.25) is 5.02 Å². The third-order valence-electron chi connectivity index (χ3n) is 5.48. The van der Waals surface area contributed by atoms with Gasteiger partial charge in [0, 0.05) is 24.5 Å². The molecule has 0 aliphatic carbocycles. The van der Waals surface area contributed by atoms with Gasteiger partial charge in [-0.1, -0.05) is 29.8 Å². The van der Waals surface area contributed by atoms with E-state index in [4.69, 9.17) is 16.0 Å². The standard InChI is InChI=1S/C22H23ClN4O4/c1-2-27-17-13-26(10-9-18(28)24-12-14-6-5-11-31-14)21(29)19(17)20(25-22(27)30)15-7-3-4-8-16(15)23/h3-8,11,20H,2,9-10,12-13H2,1H3,(H,24,28)(H,25,30)/t20-/m1/s1. The number of carbonyl (C=O) groups is 3. The highest BCUT2D eigenvalue weighted by Crippen LogP contribution is 2.38. The minimum atomic E-state index is -0.621. The van der Waals surface area contributed by atoms with E-state index in [1.165, 1.54) is 0 Å². The zero-order valence-electron chi connectivity index (χ0n) is 17.1. The van der Waals surface area contributed by atoms with Gasteiger partial charge < -0.3 is 20.0 Å². The summed E-state index contributed by atoms with van der Waals surface area (Å²) >= 11 is 6.36. The Bertz CT molecular complexity index is 1030. The Morgan fingerprint density at radius 1 is 1.26 bits per heavy atom. The predicted octanol–water partition coefficient (Wildman–Crippen LogP) is 2.82. The molecule has 2 aromatic rings. The number of benzene rings is 1. The summed E-state index contributed by atoms with van der Waals surface area (Å²) in [6.07, 6.45) is 1.70. The van der Waals surface area contributed by atoms with Gasteiger partial charge in [-0.05, 0) is 30.7 Å². The summed E-state index contributed by atoms with van der Waals surface area (Å²) < 4.78 is 5.20. The number of carbonyl (C=O) groups excluding carboxylic acids is 3. The number of rotatable bonds is 7. The zero-order chi connectivity index (χ0) is 22.0. The van der Waals surface area contributed by atoms with Gasteiger partial charge >= 0.3 is 6.03 Å². The first-order valence-electron chi connectivity index (χ1n) is 10.1. The predicted molar refractivity (Wildman–Crippen MR) is 114 cm³/mol. The Balaban J connectivity index is 1.48. The van der Waals surface area contributed by atoms with Crippen molar-refractivity contribution in [2.45, 2.75) is 25.9 Å².